The van der Waals surface area contributed by atoms with Crippen molar-refractivity contribution >= 4 is 23.1 Å². The number of nitrogens with one attached hydrogen (secondary N) is 2. The first-order valence-corrected chi connectivity index (χ1v) is 7.63. The molecule has 0 amide bonds. The number of ether oxygens (including phenoxy) is 2. The Morgan fingerprint density at radius 3 is 2.42 bits per heavy atom. The van der Waals surface area contributed by atoms with Gasteiger partial charge in [-0.3, -0.25) is 0 Å². The maximum absolute atomic E-state index is 13.7. The molecule has 0 bridgehead atoms. The molecular weight excluding hydrogens is 342 g/mol. The van der Waals surface area contributed by atoms with Crippen LogP contribution in [0.15, 0.2) is 48.7 Å². The van der Waals surface area contributed by atoms with Gasteiger partial charge in [-0.2, -0.15) is 4.98 Å². The van der Waals surface area contributed by atoms with Crippen LogP contribution < -0.4 is 20.1 Å². The minimum Gasteiger partial charge on any atom is -0.493 e. The zero-order valence-electron chi connectivity index (χ0n) is 14.1. The van der Waals surface area contributed by atoms with Crippen molar-refractivity contribution in [1.29, 1.82) is 0 Å². The summed E-state index contributed by atoms with van der Waals surface area (Å²) >= 11 is 0. The minimum absolute atomic E-state index is 0.0784. The van der Waals surface area contributed by atoms with Crippen LogP contribution in [0, 0.1) is 11.6 Å². The summed E-state index contributed by atoms with van der Waals surface area (Å²) in [6.45, 7) is 0. The number of rotatable bonds is 6. The number of benzene rings is 2. The summed E-state index contributed by atoms with van der Waals surface area (Å²) in [5, 5.41) is 5.82. The van der Waals surface area contributed by atoms with Gasteiger partial charge in [-0.15, -0.1) is 0 Å². The molecule has 1 heterocycles. The molecule has 0 saturated heterocycles. The van der Waals surface area contributed by atoms with Crippen LogP contribution in [0.25, 0.3) is 0 Å². The standard InChI is InChI=1S/C18H16F2N4O2/c1-25-15-6-4-12(10-16(15)26-2)22-17-7-8-21-18(24-17)23-14-5-3-11(19)9-13(14)20/h3-10H,1-2H3,(H2,21,22,23,24). The van der Waals surface area contributed by atoms with E-state index in [9.17, 15) is 8.78 Å². The Labute approximate surface area is 148 Å². The number of hydrogen-bond donors (Lipinski definition) is 2. The molecule has 2 aromatic carbocycles. The highest BCUT2D eigenvalue weighted by molar-refractivity contribution is 5.63. The monoisotopic (exact) mass is 358 g/mol. The van der Waals surface area contributed by atoms with Crippen LogP contribution in [0.4, 0.5) is 31.9 Å². The van der Waals surface area contributed by atoms with E-state index in [0.29, 0.717) is 17.3 Å². The van der Waals surface area contributed by atoms with Crippen LogP contribution in [0.3, 0.4) is 0 Å². The molecular formula is C18H16F2N4O2. The molecule has 0 aliphatic carbocycles. The number of hydrogen-bond acceptors (Lipinski definition) is 6. The van der Waals surface area contributed by atoms with Crippen molar-refractivity contribution in [1.82, 2.24) is 9.97 Å². The molecule has 8 heteroatoms. The third kappa shape index (κ3) is 3.97. The molecule has 134 valence electrons. The van der Waals surface area contributed by atoms with E-state index in [1.54, 1.807) is 38.5 Å². The molecule has 0 atom stereocenters. The first kappa shape index (κ1) is 17.4. The maximum Gasteiger partial charge on any atom is 0.229 e. The molecule has 1 aromatic heterocycles. The van der Waals surface area contributed by atoms with Gasteiger partial charge in [0.1, 0.15) is 17.5 Å². The van der Waals surface area contributed by atoms with E-state index in [1.807, 2.05) is 0 Å². The predicted octanol–water partition coefficient (Wildman–Crippen LogP) is 4.26. The van der Waals surface area contributed by atoms with E-state index in [2.05, 4.69) is 20.6 Å². The Kier molecular flexibility index (Phi) is 5.12. The smallest absolute Gasteiger partial charge is 0.229 e. The number of halogens is 2. The predicted molar refractivity (Wildman–Crippen MR) is 94.5 cm³/mol. The third-order valence-electron chi connectivity index (χ3n) is 3.49. The van der Waals surface area contributed by atoms with Gasteiger partial charge in [0.25, 0.3) is 0 Å². The Bertz CT molecular complexity index is 921. The zero-order valence-corrected chi connectivity index (χ0v) is 14.1. The van der Waals surface area contributed by atoms with Crippen LogP contribution in [-0.4, -0.2) is 24.2 Å². The van der Waals surface area contributed by atoms with Gasteiger partial charge in [0, 0.05) is 24.0 Å². The highest BCUT2D eigenvalue weighted by atomic mass is 19.1. The van der Waals surface area contributed by atoms with Gasteiger partial charge in [-0.1, -0.05) is 0 Å². The summed E-state index contributed by atoms with van der Waals surface area (Å²) in [4.78, 5) is 8.29. The largest absolute Gasteiger partial charge is 0.493 e. The fourth-order valence-corrected chi connectivity index (χ4v) is 2.26. The molecule has 2 N–H and O–H groups in total. The van der Waals surface area contributed by atoms with Crippen LogP contribution >= 0.6 is 0 Å². The number of aromatic nitrogens is 2. The van der Waals surface area contributed by atoms with Crippen molar-refractivity contribution in [2.45, 2.75) is 0 Å². The highest BCUT2D eigenvalue weighted by Crippen LogP contribution is 2.31. The second-order valence-electron chi connectivity index (χ2n) is 5.21. The average molecular weight is 358 g/mol. The lowest BCUT2D eigenvalue weighted by atomic mass is 10.2. The van der Waals surface area contributed by atoms with Crippen molar-refractivity contribution in [2.75, 3.05) is 24.9 Å². The Morgan fingerprint density at radius 1 is 0.885 bits per heavy atom. The molecule has 6 nitrogen and oxygen atoms in total. The van der Waals surface area contributed by atoms with Crippen molar-refractivity contribution in [2.24, 2.45) is 0 Å². The van der Waals surface area contributed by atoms with E-state index in [0.717, 1.165) is 17.8 Å². The molecule has 0 aliphatic heterocycles. The quantitative estimate of drug-likeness (QED) is 0.686. The fourth-order valence-electron chi connectivity index (χ4n) is 2.26. The van der Waals surface area contributed by atoms with Crippen molar-refractivity contribution in [3.05, 3.63) is 60.3 Å². The van der Waals surface area contributed by atoms with Gasteiger partial charge in [-0.25, -0.2) is 13.8 Å². The zero-order chi connectivity index (χ0) is 18.5. The van der Waals surface area contributed by atoms with Crippen molar-refractivity contribution in [3.63, 3.8) is 0 Å². The summed E-state index contributed by atoms with van der Waals surface area (Å²) in [7, 11) is 3.10. The van der Waals surface area contributed by atoms with Crippen LogP contribution in [-0.2, 0) is 0 Å². The van der Waals surface area contributed by atoms with Crippen LogP contribution in [0.5, 0.6) is 11.5 Å². The van der Waals surface area contributed by atoms with Gasteiger partial charge in [0.2, 0.25) is 5.95 Å². The molecule has 0 radical (unpaired) electrons. The summed E-state index contributed by atoms with van der Waals surface area (Å²) in [5.41, 5.74) is 0.801. The summed E-state index contributed by atoms with van der Waals surface area (Å²) in [6, 6.07) is 10.2. The first-order valence-electron chi connectivity index (χ1n) is 7.63. The molecule has 0 fully saturated rings. The van der Waals surface area contributed by atoms with Crippen molar-refractivity contribution in [3.8, 4) is 11.5 Å². The fraction of sp³-hybridized carbons (Fsp3) is 0.111. The lowest BCUT2D eigenvalue weighted by Gasteiger charge is -2.12. The third-order valence-corrected chi connectivity index (χ3v) is 3.49. The van der Waals surface area contributed by atoms with E-state index in [4.69, 9.17) is 9.47 Å². The SMILES string of the molecule is COc1ccc(Nc2ccnc(Nc3ccc(F)cc3F)n2)cc1OC. The molecule has 3 aromatic rings. The Morgan fingerprint density at radius 2 is 1.69 bits per heavy atom. The maximum atomic E-state index is 13.7. The Balaban J connectivity index is 1.79. The number of methoxy groups -OCH3 is 2. The second kappa shape index (κ2) is 7.64. The molecule has 3 rings (SSSR count). The summed E-state index contributed by atoms with van der Waals surface area (Å²) < 4.78 is 37.2. The molecule has 0 saturated carbocycles. The van der Waals surface area contributed by atoms with Gasteiger partial charge >= 0.3 is 0 Å². The average Bonchev–Trinajstić information content (AvgIpc) is 2.64. The van der Waals surface area contributed by atoms with Gasteiger partial charge in [0.15, 0.2) is 11.5 Å². The lowest BCUT2D eigenvalue weighted by Crippen LogP contribution is -2.02. The molecule has 26 heavy (non-hydrogen) atoms. The Hall–Kier alpha value is -3.42. The normalized spacial score (nSPS) is 10.3. The van der Waals surface area contributed by atoms with Crippen LogP contribution in [0.2, 0.25) is 0 Å². The molecule has 0 aliphatic rings. The second-order valence-corrected chi connectivity index (χ2v) is 5.21. The highest BCUT2D eigenvalue weighted by Gasteiger charge is 2.08. The summed E-state index contributed by atoms with van der Waals surface area (Å²) in [6.07, 6.45) is 1.51. The van der Waals surface area contributed by atoms with E-state index in [-0.39, 0.29) is 11.6 Å². The summed E-state index contributed by atoms with van der Waals surface area (Å²) in [5.74, 6) is 0.441. The molecule has 0 spiro atoms. The number of nitrogens with zero attached hydrogens (tertiary/aromatic N) is 2. The minimum atomic E-state index is -0.730. The van der Waals surface area contributed by atoms with Gasteiger partial charge in [0.05, 0.1) is 19.9 Å². The van der Waals surface area contributed by atoms with Crippen LogP contribution in [0.1, 0.15) is 0 Å². The lowest BCUT2D eigenvalue weighted by molar-refractivity contribution is 0.355. The first-order chi connectivity index (χ1) is 12.6. The van der Waals surface area contributed by atoms with E-state index in [1.165, 1.54) is 12.3 Å². The van der Waals surface area contributed by atoms with Gasteiger partial charge in [-0.05, 0) is 30.3 Å². The molecule has 0 unspecified atom stereocenters. The van der Waals surface area contributed by atoms with E-state index < -0.39 is 11.6 Å². The van der Waals surface area contributed by atoms with E-state index >= 15 is 0 Å². The van der Waals surface area contributed by atoms with Gasteiger partial charge < -0.3 is 20.1 Å². The van der Waals surface area contributed by atoms with Crippen molar-refractivity contribution < 1.29 is 18.3 Å². The topological polar surface area (TPSA) is 68.3 Å². The number of anilines is 4.